The van der Waals surface area contributed by atoms with Gasteiger partial charge in [-0.3, -0.25) is 0 Å². The number of furan rings is 2. The molecule has 3 heterocycles. The van der Waals surface area contributed by atoms with Crippen LogP contribution >= 0.6 is 0 Å². The molecule has 0 amide bonds. The van der Waals surface area contributed by atoms with Crippen molar-refractivity contribution in [2.75, 3.05) is 9.80 Å². The summed E-state index contributed by atoms with van der Waals surface area (Å²) in [5.74, 6) is 0. The lowest BCUT2D eigenvalue weighted by Crippen LogP contribution is -2.56. The molecule has 0 bridgehead atoms. The average Bonchev–Trinajstić information content (AvgIpc) is 3.84. The maximum atomic E-state index is 6.42. The first kappa shape index (κ1) is 33.8. The largest absolute Gasteiger partial charge is 0.456 e. The summed E-state index contributed by atoms with van der Waals surface area (Å²) in [7, 11) is -2.26. The molecule has 12 rings (SSSR count). The molecule has 0 radical (unpaired) electrons. The van der Waals surface area contributed by atoms with Crippen LogP contribution in [-0.2, 0) is 0 Å². The summed E-state index contributed by atoms with van der Waals surface area (Å²) in [5, 5.41) is 10.0. The lowest BCUT2D eigenvalue weighted by atomic mass is 9.95. The highest BCUT2D eigenvalue weighted by molar-refractivity contribution is 7.03. The molecular weight excluding hydrogens is 737 g/mol. The molecule has 0 spiro atoms. The SMILES string of the molecule is C[Si]1(C)c2cc(N(c3ccccc3)c3ccc4c(c3)oc3ccccc34)ccc2-c2ccc(N(c3ccccc3)c3ccc4c(c3)oc3ccccc34)c3cccc1c23. The van der Waals surface area contributed by atoms with Crippen LogP contribution in [0, 0.1) is 0 Å². The summed E-state index contributed by atoms with van der Waals surface area (Å²) in [6, 6.07) is 69.9. The number of hydrogen-bond donors (Lipinski definition) is 0. The second kappa shape index (κ2) is 12.8. The van der Waals surface area contributed by atoms with E-state index in [1.54, 1.807) is 0 Å². The fourth-order valence-corrected chi connectivity index (χ4v) is 12.7. The summed E-state index contributed by atoms with van der Waals surface area (Å²) in [5.41, 5.74) is 12.8. The summed E-state index contributed by atoms with van der Waals surface area (Å²) >= 11 is 0. The minimum absolute atomic E-state index is 0.882. The van der Waals surface area contributed by atoms with Crippen molar-refractivity contribution in [3.63, 3.8) is 0 Å². The van der Waals surface area contributed by atoms with Crippen LogP contribution in [0.25, 0.3) is 65.8 Å². The van der Waals surface area contributed by atoms with Crippen molar-refractivity contribution < 1.29 is 8.83 Å². The average molecular weight is 775 g/mol. The smallest absolute Gasteiger partial charge is 0.137 e. The third-order valence-electron chi connectivity index (χ3n) is 12.4. The van der Waals surface area contributed by atoms with E-state index in [0.29, 0.717) is 0 Å². The van der Waals surface area contributed by atoms with Crippen molar-refractivity contribution in [2.24, 2.45) is 0 Å². The lowest BCUT2D eigenvalue weighted by molar-refractivity contribution is 0.668. The first-order valence-corrected chi connectivity index (χ1v) is 23.3. The Balaban J connectivity index is 1.02. The molecule has 280 valence electrons. The van der Waals surface area contributed by atoms with Gasteiger partial charge >= 0.3 is 0 Å². The first-order valence-electron chi connectivity index (χ1n) is 20.3. The molecule has 11 aromatic rings. The van der Waals surface area contributed by atoms with Crippen LogP contribution < -0.4 is 20.2 Å². The maximum absolute atomic E-state index is 6.42. The molecule has 9 aromatic carbocycles. The molecule has 1 aliphatic rings. The van der Waals surface area contributed by atoms with E-state index in [1.807, 2.05) is 24.3 Å². The Hall–Kier alpha value is -7.34. The van der Waals surface area contributed by atoms with Gasteiger partial charge in [-0.15, -0.1) is 0 Å². The molecule has 0 saturated carbocycles. The summed E-state index contributed by atoms with van der Waals surface area (Å²) < 4.78 is 12.8. The molecule has 0 fully saturated rings. The van der Waals surface area contributed by atoms with Crippen LogP contribution in [-0.4, -0.2) is 8.07 Å². The molecule has 5 heteroatoms. The Kier molecular flexibility index (Phi) is 7.34. The molecular formula is C54H38N2O2Si. The number of benzene rings is 9. The molecule has 2 aromatic heterocycles. The number of anilines is 6. The molecule has 4 nitrogen and oxygen atoms in total. The monoisotopic (exact) mass is 774 g/mol. The number of nitrogens with zero attached hydrogens (tertiary/aromatic N) is 2. The Bertz CT molecular complexity index is 3440. The zero-order valence-corrected chi connectivity index (χ0v) is 33.7. The van der Waals surface area contributed by atoms with E-state index in [4.69, 9.17) is 8.83 Å². The second-order valence-electron chi connectivity index (χ2n) is 16.1. The van der Waals surface area contributed by atoms with Gasteiger partial charge in [0.05, 0.1) is 5.69 Å². The first-order chi connectivity index (χ1) is 29.0. The highest BCUT2D eigenvalue weighted by Gasteiger charge is 2.37. The Morgan fingerprint density at radius 2 is 0.831 bits per heavy atom. The van der Waals surface area contributed by atoms with Gasteiger partial charge in [-0.05, 0) is 106 Å². The Morgan fingerprint density at radius 1 is 0.339 bits per heavy atom. The van der Waals surface area contributed by atoms with Crippen LogP contribution in [0.1, 0.15) is 0 Å². The van der Waals surface area contributed by atoms with Gasteiger partial charge in [0.25, 0.3) is 0 Å². The summed E-state index contributed by atoms with van der Waals surface area (Å²) in [6.45, 7) is 5.02. The van der Waals surface area contributed by atoms with Crippen molar-refractivity contribution in [1.29, 1.82) is 0 Å². The van der Waals surface area contributed by atoms with E-state index in [-0.39, 0.29) is 0 Å². The van der Waals surface area contributed by atoms with Crippen LogP contribution in [0.5, 0.6) is 0 Å². The topological polar surface area (TPSA) is 32.8 Å². The Labute approximate surface area is 342 Å². The van der Waals surface area contributed by atoms with Crippen molar-refractivity contribution in [3.05, 3.63) is 194 Å². The van der Waals surface area contributed by atoms with Gasteiger partial charge in [-0.25, -0.2) is 0 Å². The molecule has 59 heavy (non-hydrogen) atoms. The molecule has 0 unspecified atom stereocenters. The van der Waals surface area contributed by atoms with Gasteiger partial charge < -0.3 is 18.6 Å². The fraction of sp³-hybridized carbons (Fsp3) is 0.0370. The van der Waals surface area contributed by atoms with E-state index in [2.05, 4.69) is 193 Å². The quantitative estimate of drug-likeness (QED) is 0.158. The van der Waals surface area contributed by atoms with Gasteiger partial charge in [0.15, 0.2) is 0 Å². The zero-order chi connectivity index (χ0) is 39.2. The zero-order valence-electron chi connectivity index (χ0n) is 32.7. The third kappa shape index (κ3) is 5.15. The van der Waals surface area contributed by atoms with E-state index in [0.717, 1.165) is 78.0 Å². The van der Waals surface area contributed by atoms with Gasteiger partial charge in [-0.2, -0.15) is 0 Å². The second-order valence-corrected chi connectivity index (χ2v) is 20.4. The molecule has 0 saturated heterocycles. The van der Waals surface area contributed by atoms with E-state index >= 15 is 0 Å². The van der Waals surface area contributed by atoms with E-state index in [1.165, 1.54) is 32.3 Å². The normalized spacial score (nSPS) is 13.1. The van der Waals surface area contributed by atoms with Gasteiger partial charge in [0.2, 0.25) is 0 Å². The van der Waals surface area contributed by atoms with Crippen molar-refractivity contribution in [2.45, 2.75) is 13.1 Å². The maximum Gasteiger partial charge on any atom is 0.137 e. The van der Waals surface area contributed by atoms with Crippen molar-refractivity contribution in [3.8, 4) is 11.1 Å². The van der Waals surface area contributed by atoms with Gasteiger partial charge in [-0.1, -0.05) is 116 Å². The van der Waals surface area contributed by atoms with Crippen molar-refractivity contribution >= 4 is 107 Å². The minimum atomic E-state index is -2.26. The van der Waals surface area contributed by atoms with Gasteiger partial charge in [0.1, 0.15) is 30.4 Å². The van der Waals surface area contributed by atoms with Crippen LogP contribution in [0.15, 0.2) is 203 Å². The lowest BCUT2D eigenvalue weighted by Gasteiger charge is -2.36. The molecule has 0 atom stereocenters. The third-order valence-corrected chi connectivity index (χ3v) is 16.0. The van der Waals surface area contributed by atoms with E-state index in [9.17, 15) is 0 Å². The van der Waals surface area contributed by atoms with Crippen LogP contribution in [0.3, 0.4) is 0 Å². The van der Waals surface area contributed by atoms with Crippen molar-refractivity contribution in [1.82, 2.24) is 0 Å². The molecule has 1 aliphatic heterocycles. The summed E-state index contributed by atoms with van der Waals surface area (Å²) in [4.78, 5) is 4.76. The minimum Gasteiger partial charge on any atom is -0.456 e. The standard InChI is InChI=1S/C54H38N2O2Si/c1-59(2)52-23-13-20-46-47(56(36-16-7-4-8-17-36)38-25-28-43-41-19-10-12-22-49(41)58-51(43)33-38)31-30-45(54(46)52)44-29-26-39(34-53(44)59)55(35-14-5-3-6-15-35)37-24-27-42-40-18-9-11-21-48(40)57-50(42)32-37/h3-34H,1-2H3. The van der Waals surface area contributed by atoms with Crippen LogP contribution in [0.2, 0.25) is 13.1 Å². The predicted octanol–water partition coefficient (Wildman–Crippen LogP) is 14.4. The molecule has 0 aliphatic carbocycles. The van der Waals surface area contributed by atoms with Crippen LogP contribution in [0.4, 0.5) is 34.1 Å². The summed E-state index contributed by atoms with van der Waals surface area (Å²) in [6.07, 6.45) is 0. The highest BCUT2D eigenvalue weighted by Crippen LogP contribution is 2.46. The number of rotatable bonds is 6. The fourth-order valence-electron chi connectivity index (χ4n) is 9.64. The number of hydrogen-bond acceptors (Lipinski definition) is 4. The Morgan fingerprint density at radius 3 is 1.47 bits per heavy atom. The van der Waals surface area contributed by atoms with E-state index < -0.39 is 8.07 Å². The predicted molar refractivity (Wildman–Crippen MR) is 250 cm³/mol. The molecule has 0 N–H and O–H groups in total. The number of fused-ring (bicyclic) bond motifs is 8. The van der Waals surface area contributed by atoms with Gasteiger partial charge in [0, 0.05) is 67.5 Å². The number of para-hydroxylation sites is 4. The highest BCUT2D eigenvalue weighted by atomic mass is 28.3.